The van der Waals surface area contributed by atoms with Gasteiger partial charge in [-0.25, -0.2) is 0 Å². The molecule has 34 heavy (non-hydrogen) atoms. The van der Waals surface area contributed by atoms with Gasteiger partial charge in [-0.15, -0.1) is 0 Å². The predicted molar refractivity (Wildman–Crippen MR) is 135 cm³/mol. The number of hydrogen-bond acceptors (Lipinski definition) is 5. The molecule has 0 spiro atoms. The fraction of sp³-hybridized carbons (Fsp3) is 0.393. The molecule has 0 saturated carbocycles. The van der Waals surface area contributed by atoms with Crippen LogP contribution in [0.1, 0.15) is 65.7 Å². The van der Waals surface area contributed by atoms with Gasteiger partial charge in [-0.2, -0.15) is 0 Å². The lowest BCUT2D eigenvalue weighted by Gasteiger charge is -2.33. The molecule has 2 aliphatic rings. The number of nitrogens with one attached hydrogen (secondary N) is 2. The van der Waals surface area contributed by atoms with Crippen molar-refractivity contribution in [3.05, 3.63) is 91.2 Å². The molecular formula is C28H31N3O3. The maximum Gasteiger partial charge on any atom is 0.253 e. The van der Waals surface area contributed by atoms with Crippen molar-refractivity contribution in [3.63, 3.8) is 0 Å². The van der Waals surface area contributed by atoms with E-state index < -0.39 is 5.43 Å². The number of benzene rings is 2. The quantitative estimate of drug-likeness (QED) is 0.548. The Morgan fingerprint density at radius 3 is 2.47 bits per heavy atom. The first kappa shape index (κ1) is 22.4. The number of amides is 1. The Bertz CT molecular complexity index is 1250. The SMILES string of the molecule is CC1CCN(c2c(NCc3ccc(C(=O)NC4CCCc5ccccc54)cc3)c(=O)c2=O)CC1. The Balaban J connectivity index is 1.21. The molecule has 1 aliphatic heterocycles. The molecule has 1 aliphatic carbocycles. The summed E-state index contributed by atoms with van der Waals surface area (Å²) >= 11 is 0. The minimum absolute atomic E-state index is 0.0455. The summed E-state index contributed by atoms with van der Waals surface area (Å²) < 4.78 is 0. The molecule has 2 N–H and O–H groups in total. The van der Waals surface area contributed by atoms with Crippen LogP contribution in [0.3, 0.4) is 0 Å². The third kappa shape index (κ3) is 4.37. The molecule has 3 aromatic rings. The van der Waals surface area contributed by atoms with Gasteiger partial charge in [0.1, 0.15) is 11.4 Å². The van der Waals surface area contributed by atoms with Crippen molar-refractivity contribution < 1.29 is 4.79 Å². The van der Waals surface area contributed by atoms with Gasteiger partial charge in [0.15, 0.2) is 0 Å². The summed E-state index contributed by atoms with van der Waals surface area (Å²) in [4.78, 5) is 39.3. The van der Waals surface area contributed by atoms with E-state index in [9.17, 15) is 14.4 Å². The first-order valence-electron chi connectivity index (χ1n) is 12.3. The molecule has 1 fully saturated rings. The van der Waals surface area contributed by atoms with Crippen LogP contribution < -0.4 is 26.4 Å². The van der Waals surface area contributed by atoms with Gasteiger partial charge in [-0.3, -0.25) is 14.4 Å². The fourth-order valence-corrected chi connectivity index (χ4v) is 5.19. The zero-order valence-corrected chi connectivity index (χ0v) is 19.6. The number of fused-ring (bicyclic) bond motifs is 1. The van der Waals surface area contributed by atoms with Gasteiger partial charge in [0.2, 0.25) is 0 Å². The predicted octanol–water partition coefficient (Wildman–Crippen LogP) is 3.94. The van der Waals surface area contributed by atoms with Gasteiger partial charge in [0.25, 0.3) is 16.8 Å². The molecule has 5 rings (SSSR count). The van der Waals surface area contributed by atoms with Gasteiger partial charge in [-0.1, -0.05) is 43.3 Å². The van der Waals surface area contributed by atoms with E-state index in [1.54, 1.807) is 0 Å². The van der Waals surface area contributed by atoms with Crippen LogP contribution in [0.25, 0.3) is 0 Å². The van der Waals surface area contributed by atoms with Crippen LogP contribution in [0.15, 0.2) is 58.1 Å². The van der Waals surface area contributed by atoms with Crippen molar-refractivity contribution in [1.29, 1.82) is 0 Å². The minimum atomic E-state index is -0.433. The molecule has 0 radical (unpaired) electrons. The lowest BCUT2D eigenvalue weighted by molar-refractivity contribution is 0.0932. The Kier molecular flexibility index (Phi) is 6.22. The van der Waals surface area contributed by atoms with E-state index in [0.717, 1.165) is 50.8 Å². The summed E-state index contributed by atoms with van der Waals surface area (Å²) in [6.45, 7) is 4.28. The van der Waals surface area contributed by atoms with Crippen LogP contribution in [-0.2, 0) is 13.0 Å². The van der Waals surface area contributed by atoms with Crippen LogP contribution in [0.4, 0.5) is 11.4 Å². The number of anilines is 2. The standard InChI is InChI=1S/C28H31N3O3/c1-18-13-15-31(16-14-18)25-24(26(32)27(25)33)29-17-19-9-11-21(12-10-19)28(34)30-23-8-4-6-20-5-2-3-7-22(20)23/h2-3,5,7,9-12,18,23,29H,4,6,8,13-17H2,1H3,(H,30,34). The fourth-order valence-electron chi connectivity index (χ4n) is 5.19. The first-order chi connectivity index (χ1) is 16.5. The van der Waals surface area contributed by atoms with Crippen molar-refractivity contribution in [1.82, 2.24) is 5.32 Å². The number of piperidine rings is 1. The second-order valence-corrected chi connectivity index (χ2v) is 9.72. The lowest BCUT2D eigenvalue weighted by Crippen LogP contribution is -2.45. The summed E-state index contributed by atoms with van der Waals surface area (Å²) in [5.74, 6) is 0.577. The molecule has 0 bridgehead atoms. The zero-order valence-electron chi connectivity index (χ0n) is 19.6. The average Bonchev–Trinajstić information content (AvgIpc) is 2.87. The second-order valence-electron chi connectivity index (χ2n) is 9.72. The molecule has 1 saturated heterocycles. The minimum Gasteiger partial charge on any atom is -0.376 e. The third-order valence-corrected chi connectivity index (χ3v) is 7.35. The summed E-state index contributed by atoms with van der Waals surface area (Å²) in [5, 5.41) is 6.35. The largest absolute Gasteiger partial charge is 0.376 e. The molecule has 176 valence electrons. The lowest BCUT2D eigenvalue weighted by atomic mass is 9.87. The maximum atomic E-state index is 12.9. The van der Waals surface area contributed by atoms with Crippen LogP contribution in [0.5, 0.6) is 0 Å². The molecule has 3 aromatic carbocycles. The van der Waals surface area contributed by atoms with Gasteiger partial charge in [0, 0.05) is 25.2 Å². The number of aryl methyl sites for hydroxylation is 1. The number of rotatable bonds is 6. The Hall–Kier alpha value is -3.41. The maximum absolute atomic E-state index is 12.9. The number of carbonyl (C=O) groups excluding carboxylic acids is 1. The molecule has 1 amide bonds. The molecule has 6 heteroatoms. The van der Waals surface area contributed by atoms with Crippen molar-refractivity contribution in [3.8, 4) is 0 Å². The van der Waals surface area contributed by atoms with E-state index in [1.165, 1.54) is 11.1 Å². The van der Waals surface area contributed by atoms with E-state index >= 15 is 0 Å². The zero-order chi connectivity index (χ0) is 23.7. The monoisotopic (exact) mass is 457 g/mol. The summed E-state index contributed by atoms with van der Waals surface area (Å²) in [5.41, 5.74) is 4.26. The van der Waals surface area contributed by atoms with Gasteiger partial charge in [0.05, 0.1) is 6.04 Å². The molecular weight excluding hydrogens is 426 g/mol. The molecule has 0 aromatic heterocycles. The number of nitrogens with zero attached hydrogens (tertiary/aromatic N) is 1. The third-order valence-electron chi connectivity index (χ3n) is 7.35. The van der Waals surface area contributed by atoms with Crippen LogP contribution >= 0.6 is 0 Å². The Morgan fingerprint density at radius 1 is 0.971 bits per heavy atom. The van der Waals surface area contributed by atoms with Crippen molar-refractivity contribution in [2.24, 2.45) is 5.92 Å². The van der Waals surface area contributed by atoms with Crippen molar-refractivity contribution in [2.75, 3.05) is 23.3 Å². The van der Waals surface area contributed by atoms with Crippen LogP contribution in [0, 0.1) is 5.92 Å². The van der Waals surface area contributed by atoms with E-state index in [0.29, 0.717) is 29.4 Å². The first-order valence-corrected chi connectivity index (χ1v) is 12.3. The summed E-state index contributed by atoms with van der Waals surface area (Å²) in [6, 6.07) is 15.8. The highest BCUT2D eigenvalue weighted by Gasteiger charge is 2.28. The molecule has 1 atom stereocenters. The number of hydrogen-bond donors (Lipinski definition) is 2. The second kappa shape index (κ2) is 9.45. The average molecular weight is 458 g/mol. The smallest absolute Gasteiger partial charge is 0.253 e. The molecule has 6 nitrogen and oxygen atoms in total. The van der Waals surface area contributed by atoms with E-state index in [2.05, 4.69) is 35.8 Å². The Morgan fingerprint density at radius 2 is 1.71 bits per heavy atom. The van der Waals surface area contributed by atoms with E-state index in [4.69, 9.17) is 0 Å². The van der Waals surface area contributed by atoms with Gasteiger partial charge < -0.3 is 15.5 Å². The number of carbonyl (C=O) groups is 1. The topological polar surface area (TPSA) is 78.5 Å². The Labute approximate surface area is 199 Å². The van der Waals surface area contributed by atoms with E-state index in [-0.39, 0.29) is 17.4 Å². The summed E-state index contributed by atoms with van der Waals surface area (Å²) in [6.07, 6.45) is 5.16. The summed E-state index contributed by atoms with van der Waals surface area (Å²) in [7, 11) is 0. The highest BCUT2D eigenvalue weighted by Crippen LogP contribution is 2.30. The van der Waals surface area contributed by atoms with E-state index in [1.807, 2.05) is 35.2 Å². The van der Waals surface area contributed by atoms with Crippen molar-refractivity contribution >= 4 is 17.3 Å². The normalized spacial score (nSPS) is 18.5. The molecule has 1 unspecified atom stereocenters. The highest BCUT2D eigenvalue weighted by atomic mass is 16.2. The highest BCUT2D eigenvalue weighted by molar-refractivity contribution is 5.94. The van der Waals surface area contributed by atoms with Crippen molar-refractivity contribution in [2.45, 2.75) is 51.6 Å². The molecule has 1 heterocycles. The van der Waals surface area contributed by atoms with Gasteiger partial charge in [-0.05, 0) is 66.8 Å². The van der Waals surface area contributed by atoms with Gasteiger partial charge >= 0.3 is 0 Å². The van der Waals surface area contributed by atoms with Crippen LogP contribution in [0.2, 0.25) is 0 Å². The van der Waals surface area contributed by atoms with Crippen LogP contribution in [-0.4, -0.2) is 19.0 Å².